The van der Waals surface area contributed by atoms with Crippen LogP contribution in [-0.4, -0.2) is 39.6 Å². The number of nitrogens with one attached hydrogen (secondary N) is 1. The van der Waals surface area contributed by atoms with Crippen LogP contribution in [0.4, 0.5) is 13.2 Å². The normalized spacial score (nSPS) is 14.7. The topological polar surface area (TPSA) is 84.3 Å². The standard InChI is InChI=1S/C25H23F3N4O3/c1-16-13-21(33)23(30-32(16)19-10-5-9-18(14-19)25(26,27)28)24(35)29-20(17-7-3-2-4-8-17)15-31-12-6-11-22(31)34/h2-5,7-10,13-14,20H,6,11-12,15H2,1H3,(H,29,35). The average Bonchev–Trinajstić information content (AvgIpc) is 3.23. The summed E-state index contributed by atoms with van der Waals surface area (Å²) in [7, 11) is 0. The number of aryl methyl sites for hydroxylation is 1. The highest BCUT2D eigenvalue weighted by Crippen LogP contribution is 2.30. The average molecular weight is 484 g/mol. The first kappa shape index (κ1) is 24.2. The lowest BCUT2D eigenvalue weighted by molar-refractivity contribution is -0.137. The molecule has 1 fully saturated rings. The van der Waals surface area contributed by atoms with Crippen LogP contribution in [-0.2, 0) is 11.0 Å². The van der Waals surface area contributed by atoms with Crippen LogP contribution in [0.5, 0.6) is 0 Å². The lowest BCUT2D eigenvalue weighted by Crippen LogP contribution is -2.40. The van der Waals surface area contributed by atoms with E-state index >= 15 is 0 Å². The molecule has 2 aromatic carbocycles. The Morgan fingerprint density at radius 3 is 2.49 bits per heavy atom. The molecule has 0 bridgehead atoms. The number of rotatable bonds is 6. The molecule has 0 saturated carbocycles. The molecule has 1 aliphatic heterocycles. The Morgan fingerprint density at radius 2 is 1.83 bits per heavy atom. The van der Waals surface area contributed by atoms with Crippen LogP contribution < -0.4 is 10.7 Å². The van der Waals surface area contributed by atoms with Gasteiger partial charge in [0.2, 0.25) is 11.3 Å². The number of benzene rings is 2. The van der Waals surface area contributed by atoms with E-state index in [0.29, 0.717) is 13.0 Å². The van der Waals surface area contributed by atoms with Gasteiger partial charge in [0, 0.05) is 31.3 Å². The zero-order valence-corrected chi connectivity index (χ0v) is 18.9. The van der Waals surface area contributed by atoms with Gasteiger partial charge in [-0.3, -0.25) is 14.4 Å². The van der Waals surface area contributed by atoms with Gasteiger partial charge in [0.25, 0.3) is 5.91 Å². The van der Waals surface area contributed by atoms with E-state index in [0.717, 1.165) is 34.9 Å². The Hall–Kier alpha value is -3.95. The van der Waals surface area contributed by atoms with Crippen LogP contribution in [0.2, 0.25) is 0 Å². The molecule has 182 valence electrons. The minimum absolute atomic E-state index is 0.0134. The second kappa shape index (κ2) is 9.73. The molecule has 1 N–H and O–H groups in total. The van der Waals surface area contributed by atoms with Crippen molar-refractivity contribution in [3.63, 3.8) is 0 Å². The molecule has 2 heterocycles. The van der Waals surface area contributed by atoms with Gasteiger partial charge < -0.3 is 10.2 Å². The van der Waals surface area contributed by atoms with Crippen molar-refractivity contribution < 1.29 is 22.8 Å². The SMILES string of the molecule is Cc1cc(=O)c(C(=O)NC(CN2CCCC2=O)c2ccccc2)nn1-c1cccc(C(F)(F)F)c1. The van der Waals surface area contributed by atoms with Gasteiger partial charge in [-0.2, -0.15) is 18.3 Å². The first-order valence-electron chi connectivity index (χ1n) is 11.1. The molecule has 1 saturated heterocycles. The van der Waals surface area contributed by atoms with E-state index in [4.69, 9.17) is 0 Å². The lowest BCUT2D eigenvalue weighted by atomic mass is 10.1. The van der Waals surface area contributed by atoms with Crippen molar-refractivity contribution in [1.82, 2.24) is 20.0 Å². The van der Waals surface area contributed by atoms with Crippen LogP contribution >= 0.6 is 0 Å². The summed E-state index contributed by atoms with van der Waals surface area (Å²) in [6.45, 7) is 2.31. The molecule has 3 aromatic rings. The molecule has 35 heavy (non-hydrogen) atoms. The molecule has 1 aliphatic rings. The highest BCUT2D eigenvalue weighted by Gasteiger charge is 2.31. The summed E-state index contributed by atoms with van der Waals surface area (Å²) >= 11 is 0. The third kappa shape index (κ3) is 5.42. The smallest absolute Gasteiger partial charge is 0.342 e. The number of halogens is 3. The summed E-state index contributed by atoms with van der Waals surface area (Å²) in [5, 5.41) is 6.89. The Labute approximate surface area is 199 Å². The van der Waals surface area contributed by atoms with Gasteiger partial charge in [-0.1, -0.05) is 36.4 Å². The number of likely N-dealkylation sites (tertiary alicyclic amines) is 1. The highest BCUT2D eigenvalue weighted by atomic mass is 19.4. The van der Waals surface area contributed by atoms with Crippen molar-refractivity contribution in [1.29, 1.82) is 0 Å². The van der Waals surface area contributed by atoms with Crippen LogP contribution in [0.1, 0.15) is 46.2 Å². The number of amides is 2. The number of alkyl halides is 3. The van der Waals surface area contributed by atoms with E-state index in [9.17, 15) is 27.6 Å². The first-order valence-corrected chi connectivity index (χ1v) is 11.1. The number of carbonyl (C=O) groups is 2. The highest BCUT2D eigenvalue weighted by molar-refractivity contribution is 5.92. The van der Waals surface area contributed by atoms with Gasteiger partial charge in [0.15, 0.2) is 5.69 Å². The molecule has 1 atom stereocenters. The summed E-state index contributed by atoms with van der Waals surface area (Å²) in [6, 6.07) is 14.0. The van der Waals surface area contributed by atoms with Crippen LogP contribution in [0.3, 0.4) is 0 Å². The number of nitrogens with zero attached hydrogens (tertiary/aromatic N) is 3. The molecule has 7 nitrogen and oxygen atoms in total. The zero-order chi connectivity index (χ0) is 25.2. The van der Waals surface area contributed by atoms with Crippen LogP contribution in [0, 0.1) is 6.92 Å². The van der Waals surface area contributed by atoms with Crippen molar-refractivity contribution in [2.45, 2.75) is 32.0 Å². The predicted molar refractivity (Wildman–Crippen MR) is 122 cm³/mol. The number of hydrogen-bond donors (Lipinski definition) is 1. The minimum Gasteiger partial charge on any atom is -0.342 e. The van der Waals surface area contributed by atoms with Gasteiger partial charge in [-0.15, -0.1) is 0 Å². The molecule has 2 amide bonds. The quantitative estimate of drug-likeness (QED) is 0.579. The van der Waals surface area contributed by atoms with Crippen molar-refractivity contribution in [2.75, 3.05) is 13.1 Å². The Morgan fingerprint density at radius 1 is 1.09 bits per heavy atom. The number of aromatic nitrogens is 2. The third-order valence-corrected chi connectivity index (χ3v) is 5.82. The van der Waals surface area contributed by atoms with E-state index in [1.807, 2.05) is 6.07 Å². The van der Waals surface area contributed by atoms with Gasteiger partial charge in [0.1, 0.15) is 0 Å². The monoisotopic (exact) mass is 484 g/mol. The second-order valence-corrected chi connectivity index (χ2v) is 8.34. The number of carbonyl (C=O) groups excluding carboxylic acids is 2. The van der Waals surface area contributed by atoms with E-state index in [1.54, 1.807) is 29.2 Å². The first-order chi connectivity index (χ1) is 16.6. The van der Waals surface area contributed by atoms with Gasteiger partial charge in [-0.05, 0) is 37.1 Å². The third-order valence-electron chi connectivity index (χ3n) is 5.82. The summed E-state index contributed by atoms with van der Waals surface area (Å²) in [6.07, 6.45) is -3.38. The van der Waals surface area contributed by atoms with Crippen molar-refractivity contribution >= 4 is 11.8 Å². The molecule has 0 radical (unpaired) electrons. The Bertz CT molecular complexity index is 1310. The van der Waals surface area contributed by atoms with Crippen molar-refractivity contribution in [3.8, 4) is 5.69 Å². The molecule has 0 aliphatic carbocycles. The molecular formula is C25H23F3N4O3. The molecule has 1 aromatic heterocycles. The number of hydrogen-bond acceptors (Lipinski definition) is 4. The summed E-state index contributed by atoms with van der Waals surface area (Å²) in [5.74, 6) is -0.795. The second-order valence-electron chi connectivity index (χ2n) is 8.34. The fourth-order valence-corrected chi connectivity index (χ4v) is 4.04. The van der Waals surface area contributed by atoms with E-state index < -0.39 is 34.8 Å². The molecule has 10 heteroatoms. The molecule has 4 rings (SSSR count). The maximum Gasteiger partial charge on any atom is 0.416 e. The van der Waals surface area contributed by atoms with Gasteiger partial charge >= 0.3 is 6.18 Å². The summed E-state index contributed by atoms with van der Waals surface area (Å²) in [4.78, 5) is 39.6. The fraction of sp³-hybridized carbons (Fsp3) is 0.280. The predicted octanol–water partition coefficient (Wildman–Crippen LogP) is 3.65. The molecule has 0 spiro atoms. The van der Waals surface area contributed by atoms with E-state index in [1.165, 1.54) is 19.1 Å². The minimum atomic E-state index is -4.56. The van der Waals surface area contributed by atoms with Crippen LogP contribution in [0.25, 0.3) is 5.69 Å². The fourth-order valence-electron chi connectivity index (χ4n) is 4.04. The largest absolute Gasteiger partial charge is 0.416 e. The van der Waals surface area contributed by atoms with Crippen LogP contribution in [0.15, 0.2) is 65.5 Å². The molecule has 1 unspecified atom stereocenters. The lowest BCUT2D eigenvalue weighted by Gasteiger charge is -2.25. The van der Waals surface area contributed by atoms with E-state index in [-0.39, 0.29) is 23.8 Å². The van der Waals surface area contributed by atoms with Gasteiger partial charge in [-0.25, -0.2) is 4.68 Å². The zero-order valence-electron chi connectivity index (χ0n) is 18.9. The summed E-state index contributed by atoms with van der Waals surface area (Å²) in [5.41, 5.74) is -0.915. The van der Waals surface area contributed by atoms with Crippen molar-refractivity contribution in [3.05, 3.63) is 93.4 Å². The molecular weight excluding hydrogens is 461 g/mol. The Kier molecular flexibility index (Phi) is 6.72. The Balaban J connectivity index is 1.66. The summed E-state index contributed by atoms with van der Waals surface area (Å²) < 4.78 is 40.7. The van der Waals surface area contributed by atoms with E-state index in [2.05, 4.69) is 10.4 Å². The van der Waals surface area contributed by atoms with Crippen molar-refractivity contribution in [2.24, 2.45) is 0 Å². The van der Waals surface area contributed by atoms with Gasteiger partial charge in [0.05, 0.1) is 17.3 Å². The maximum absolute atomic E-state index is 13.2. The maximum atomic E-state index is 13.2.